The van der Waals surface area contributed by atoms with Crippen molar-refractivity contribution in [1.29, 1.82) is 0 Å². The molecule has 158 valence electrons. The summed E-state index contributed by atoms with van der Waals surface area (Å²) in [6.45, 7) is 14.3. The fourth-order valence-electron chi connectivity index (χ4n) is 9.55. The lowest BCUT2D eigenvalue weighted by molar-refractivity contribution is -0.114. The minimum absolute atomic E-state index is 0.512. The molecule has 4 saturated carbocycles. The summed E-state index contributed by atoms with van der Waals surface area (Å²) in [6.07, 6.45) is 17.1. The van der Waals surface area contributed by atoms with E-state index in [2.05, 4.69) is 34.3 Å². The maximum absolute atomic E-state index is 6.25. The van der Waals surface area contributed by atoms with E-state index in [-0.39, 0.29) is 0 Å². The van der Waals surface area contributed by atoms with E-state index in [0.717, 1.165) is 35.5 Å². The highest BCUT2D eigenvalue weighted by Crippen LogP contribution is 2.70. The molecule has 28 heavy (non-hydrogen) atoms. The topological polar surface area (TPSA) is 12.5 Å². The molecule has 1 heteroatoms. The van der Waals surface area contributed by atoms with Gasteiger partial charge in [0.1, 0.15) is 0 Å². The molecule has 0 aromatic carbocycles. The molecule has 10 atom stereocenters. The molecule has 0 amide bonds. The lowest BCUT2D eigenvalue weighted by Gasteiger charge is -2.60. The lowest BCUT2D eigenvalue weighted by Crippen LogP contribution is -2.55. The third kappa shape index (κ3) is 2.81. The summed E-state index contributed by atoms with van der Waals surface area (Å²) in [7, 11) is 0. The fourth-order valence-corrected chi connectivity index (χ4v) is 9.55. The number of ether oxygens (including phenoxy) is 1. The first-order valence-electron chi connectivity index (χ1n) is 12.7. The molecule has 1 saturated heterocycles. The summed E-state index contributed by atoms with van der Waals surface area (Å²) in [5.41, 5.74) is 2.49. The van der Waals surface area contributed by atoms with Crippen LogP contribution < -0.4 is 0 Å². The highest BCUT2D eigenvalue weighted by molar-refractivity contribution is 5.15. The van der Waals surface area contributed by atoms with Gasteiger partial charge in [-0.1, -0.05) is 32.8 Å². The Bertz CT molecular complexity index is 624. The summed E-state index contributed by atoms with van der Waals surface area (Å²) in [4.78, 5) is 0. The van der Waals surface area contributed by atoms with E-state index in [4.69, 9.17) is 4.74 Å². The quantitative estimate of drug-likeness (QED) is 0.355. The number of hydrogen-bond donors (Lipinski definition) is 0. The van der Waals surface area contributed by atoms with Gasteiger partial charge in [-0.25, -0.2) is 0 Å². The van der Waals surface area contributed by atoms with Crippen LogP contribution in [0.4, 0.5) is 0 Å². The predicted octanol–water partition coefficient (Wildman–Crippen LogP) is 7.41. The fraction of sp³-hybridized carbons (Fsp3) is 0.926. The first-order chi connectivity index (χ1) is 13.4. The second kappa shape index (κ2) is 6.86. The van der Waals surface area contributed by atoms with Gasteiger partial charge in [0.2, 0.25) is 0 Å². The molecule has 5 rings (SSSR count). The largest absolute Gasteiger partial charge is 0.369 e. The molecule has 1 aliphatic heterocycles. The highest BCUT2D eigenvalue weighted by Gasteiger charge is 2.67. The smallest absolute Gasteiger partial charge is 0.0900 e. The molecule has 5 fully saturated rings. The summed E-state index contributed by atoms with van der Waals surface area (Å²) in [5.74, 6) is 5.76. The second-order valence-corrected chi connectivity index (χ2v) is 12.2. The summed E-state index contributed by atoms with van der Waals surface area (Å²) >= 11 is 0. The van der Waals surface area contributed by atoms with Crippen molar-refractivity contribution in [2.75, 3.05) is 0 Å². The van der Waals surface area contributed by atoms with Crippen molar-refractivity contribution < 1.29 is 4.74 Å². The van der Waals surface area contributed by atoms with Gasteiger partial charge in [0.05, 0.1) is 12.2 Å². The maximum Gasteiger partial charge on any atom is 0.0900 e. The number of rotatable bonds is 5. The van der Waals surface area contributed by atoms with E-state index in [1.807, 2.05) is 0 Å². The Morgan fingerprint density at radius 3 is 2.61 bits per heavy atom. The van der Waals surface area contributed by atoms with Gasteiger partial charge in [0, 0.05) is 5.41 Å². The third-order valence-electron chi connectivity index (χ3n) is 11.0. The van der Waals surface area contributed by atoms with Gasteiger partial charge in [-0.2, -0.15) is 0 Å². The number of hydrogen-bond acceptors (Lipinski definition) is 1. The Kier molecular flexibility index (Phi) is 4.81. The molecule has 1 heterocycles. The van der Waals surface area contributed by atoms with Gasteiger partial charge >= 0.3 is 0 Å². The van der Waals surface area contributed by atoms with Crippen LogP contribution in [0.1, 0.15) is 98.3 Å². The van der Waals surface area contributed by atoms with Crippen LogP contribution in [0.15, 0.2) is 12.2 Å². The zero-order valence-corrected chi connectivity index (χ0v) is 19.0. The van der Waals surface area contributed by atoms with Crippen LogP contribution in [-0.4, -0.2) is 12.2 Å². The number of fused-ring (bicyclic) bond motifs is 7. The van der Waals surface area contributed by atoms with Crippen molar-refractivity contribution in [3.63, 3.8) is 0 Å². The molecule has 0 radical (unpaired) electrons. The molecule has 0 aromatic rings. The molecule has 0 bridgehead atoms. The maximum atomic E-state index is 6.25. The van der Waals surface area contributed by atoms with Crippen LogP contribution >= 0.6 is 0 Å². The third-order valence-corrected chi connectivity index (χ3v) is 11.0. The van der Waals surface area contributed by atoms with Crippen molar-refractivity contribution in [3.05, 3.63) is 12.2 Å². The van der Waals surface area contributed by atoms with Crippen LogP contribution in [0.5, 0.6) is 0 Å². The van der Waals surface area contributed by atoms with E-state index in [9.17, 15) is 0 Å². The monoisotopic (exact) mass is 384 g/mol. The minimum Gasteiger partial charge on any atom is -0.369 e. The molecule has 0 spiro atoms. The van der Waals surface area contributed by atoms with Crippen molar-refractivity contribution >= 4 is 0 Å². The number of allylic oxidation sites excluding steroid dienone is 1. The Labute approximate surface area is 174 Å². The number of epoxide rings is 1. The van der Waals surface area contributed by atoms with Gasteiger partial charge in [0.25, 0.3) is 0 Å². The standard InChI is InChI=1S/C27H44O/c1-17(2)7-6-8-18(3)21-12-13-22-20-11-9-19-10-14-24-25(28-24)27(19,5)23(20)15-16-26(21,22)4/h18-25H,1,6-16H2,2-5H3/t18-,19?,20+,21-,22+,23+,24?,25?,26-,27+/m1/s1. The molecular formula is C27H44O. The van der Waals surface area contributed by atoms with Gasteiger partial charge in [0.15, 0.2) is 0 Å². The molecular weight excluding hydrogens is 340 g/mol. The van der Waals surface area contributed by atoms with Crippen LogP contribution in [-0.2, 0) is 4.74 Å². The first-order valence-corrected chi connectivity index (χ1v) is 12.7. The van der Waals surface area contributed by atoms with Crippen LogP contribution in [0.25, 0.3) is 0 Å². The summed E-state index contributed by atoms with van der Waals surface area (Å²) in [6, 6.07) is 0. The van der Waals surface area contributed by atoms with Gasteiger partial charge in [-0.15, -0.1) is 6.58 Å². The van der Waals surface area contributed by atoms with Gasteiger partial charge < -0.3 is 4.74 Å². The lowest BCUT2D eigenvalue weighted by atomic mass is 9.44. The van der Waals surface area contributed by atoms with Gasteiger partial charge in [-0.3, -0.25) is 0 Å². The van der Waals surface area contributed by atoms with Crippen LogP contribution in [0, 0.1) is 46.3 Å². The second-order valence-electron chi connectivity index (χ2n) is 12.2. The van der Waals surface area contributed by atoms with Gasteiger partial charge in [-0.05, 0) is 112 Å². The Morgan fingerprint density at radius 2 is 1.82 bits per heavy atom. The van der Waals surface area contributed by atoms with Crippen molar-refractivity contribution in [2.45, 2.75) is 111 Å². The normalized spacial score (nSPS) is 52.8. The Balaban J connectivity index is 1.32. The zero-order valence-electron chi connectivity index (χ0n) is 19.0. The highest BCUT2D eigenvalue weighted by atomic mass is 16.6. The molecule has 0 aromatic heterocycles. The van der Waals surface area contributed by atoms with Crippen LogP contribution in [0.3, 0.4) is 0 Å². The van der Waals surface area contributed by atoms with Crippen molar-refractivity contribution in [2.24, 2.45) is 46.3 Å². The first kappa shape index (κ1) is 19.7. The van der Waals surface area contributed by atoms with E-state index < -0.39 is 0 Å². The molecule has 1 nitrogen and oxygen atoms in total. The SMILES string of the molecule is C=C(C)CCC[C@@H](C)[C@H]1CC[C@H]2[C@@H]3CCC4CCC5OC5[C@]4(C)[C@H]3CC[C@]12C. The average Bonchev–Trinajstić information content (AvgIpc) is 3.36. The summed E-state index contributed by atoms with van der Waals surface area (Å²) < 4.78 is 6.25. The minimum atomic E-state index is 0.512. The molecule has 3 unspecified atom stereocenters. The molecule has 5 aliphatic rings. The Morgan fingerprint density at radius 1 is 1.04 bits per heavy atom. The summed E-state index contributed by atoms with van der Waals surface area (Å²) in [5, 5.41) is 0. The van der Waals surface area contributed by atoms with Crippen molar-refractivity contribution in [1.82, 2.24) is 0 Å². The Hall–Kier alpha value is -0.300. The van der Waals surface area contributed by atoms with E-state index in [0.29, 0.717) is 23.0 Å². The van der Waals surface area contributed by atoms with E-state index in [1.54, 1.807) is 0 Å². The van der Waals surface area contributed by atoms with E-state index in [1.165, 1.54) is 76.2 Å². The van der Waals surface area contributed by atoms with Crippen LogP contribution in [0.2, 0.25) is 0 Å². The predicted molar refractivity (Wildman–Crippen MR) is 117 cm³/mol. The average molecular weight is 385 g/mol. The zero-order chi connectivity index (χ0) is 19.7. The van der Waals surface area contributed by atoms with Crippen molar-refractivity contribution in [3.8, 4) is 0 Å². The molecule has 0 N–H and O–H groups in total. The van der Waals surface area contributed by atoms with E-state index >= 15 is 0 Å². The molecule has 4 aliphatic carbocycles.